The molecule has 2 amide bonds. The third-order valence-corrected chi connectivity index (χ3v) is 4.59. The van der Waals surface area contributed by atoms with E-state index >= 15 is 0 Å². The Hall–Kier alpha value is -2.75. The number of amides is 2. The summed E-state index contributed by atoms with van der Waals surface area (Å²) >= 11 is 0. The second kappa shape index (κ2) is 6.28. The van der Waals surface area contributed by atoms with Crippen LogP contribution in [0.2, 0.25) is 0 Å². The Morgan fingerprint density at radius 2 is 1.92 bits per heavy atom. The Labute approximate surface area is 143 Å². The molecule has 2 aromatic heterocycles. The van der Waals surface area contributed by atoms with Crippen LogP contribution < -0.4 is 0 Å². The van der Waals surface area contributed by atoms with E-state index in [9.17, 15) is 9.59 Å². The van der Waals surface area contributed by atoms with Gasteiger partial charge in [-0.1, -0.05) is 5.21 Å². The van der Waals surface area contributed by atoms with Crippen LogP contribution >= 0.6 is 0 Å². The highest BCUT2D eigenvalue weighted by atomic mass is 16.5. The average Bonchev–Trinajstić information content (AvgIpc) is 3.23. The number of nitrogens with zero attached hydrogens (tertiary/aromatic N) is 7. The molecule has 0 atom stereocenters. The number of hydrogen-bond donors (Lipinski definition) is 0. The lowest BCUT2D eigenvalue weighted by molar-refractivity contribution is 0.0298. The van der Waals surface area contributed by atoms with Gasteiger partial charge in [-0.25, -0.2) is 4.68 Å². The van der Waals surface area contributed by atoms with Gasteiger partial charge in [0.05, 0.1) is 25.5 Å². The summed E-state index contributed by atoms with van der Waals surface area (Å²) in [6, 6.07) is 1.74. The summed E-state index contributed by atoms with van der Waals surface area (Å²) in [5.41, 5.74) is 0.888. The fourth-order valence-electron chi connectivity index (χ4n) is 3.02. The van der Waals surface area contributed by atoms with E-state index in [1.165, 1.54) is 0 Å². The monoisotopic (exact) mass is 345 g/mol. The minimum absolute atomic E-state index is 0.0379. The third-order valence-electron chi connectivity index (χ3n) is 4.59. The van der Waals surface area contributed by atoms with Crippen molar-refractivity contribution < 1.29 is 14.3 Å². The number of aromatic nitrogens is 5. The van der Waals surface area contributed by atoms with E-state index in [0.29, 0.717) is 50.8 Å². The van der Waals surface area contributed by atoms with Crippen LogP contribution in [-0.2, 0) is 11.8 Å². The summed E-state index contributed by atoms with van der Waals surface area (Å²) in [7, 11) is 1.74. The van der Waals surface area contributed by atoms with Crippen molar-refractivity contribution in [1.29, 1.82) is 0 Å². The first kappa shape index (κ1) is 15.8. The Balaban J connectivity index is 1.37. The largest absolute Gasteiger partial charge is 0.378 e. The molecule has 2 saturated heterocycles. The first-order valence-corrected chi connectivity index (χ1v) is 8.19. The second-order valence-electron chi connectivity index (χ2n) is 6.19. The molecule has 0 aromatic carbocycles. The minimum Gasteiger partial charge on any atom is -0.378 e. The van der Waals surface area contributed by atoms with Gasteiger partial charge < -0.3 is 14.5 Å². The molecule has 4 heterocycles. The van der Waals surface area contributed by atoms with Crippen molar-refractivity contribution in [3.63, 3.8) is 0 Å². The van der Waals surface area contributed by atoms with Crippen LogP contribution in [0.15, 0.2) is 18.5 Å². The molecule has 0 bridgehead atoms. The van der Waals surface area contributed by atoms with E-state index in [-0.39, 0.29) is 17.9 Å². The minimum atomic E-state index is -0.128. The highest BCUT2D eigenvalue weighted by Crippen LogP contribution is 2.22. The zero-order valence-electron chi connectivity index (χ0n) is 13.9. The predicted octanol–water partition coefficient (Wildman–Crippen LogP) is -0.819. The number of morpholine rings is 1. The number of ether oxygens (including phenoxy) is 1. The first-order chi connectivity index (χ1) is 12.1. The molecular formula is C15H19N7O3. The smallest absolute Gasteiger partial charge is 0.276 e. The molecule has 4 rings (SSSR count). The standard InChI is InChI=1S/C15H19N7O3/c1-19-13(2-3-16-19)15(24)21-8-11(9-21)22-10-12(17-18-22)14(23)20-4-6-25-7-5-20/h2-3,10-11H,4-9H2,1H3. The molecule has 0 aliphatic carbocycles. The van der Waals surface area contributed by atoms with E-state index in [1.54, 1.807) is 44.7 Å². The van der Waals surface area contributed by atoms with E-state index < -0.39 is 0 Å². The molecule has 2 aromatic rings. The Morgan fingerprint density at radius 1 is 1.16 bits per heavy atom. The molecular weight excluding hydrogens is 326 g/mol. The van der Waals surface area contributed by atoms with E-state index in [0.717, 1.165) is 0 Å². The lowest BCUT2D eigenvalue weighted by Gasteiger charge is -2.38. The van der Waals surface area contributed by atoms with Gasteiger partial charge in [0.2, 0.25) is 0 Å². The van der Waals surface area contributed by atoms with Crippen LogP contribution in [0.5, 0.6) is 0 Å². The van der Waals surface area contributed by atoms with Gasteiger partial charge in [0.25, 0.3) is 11.8 Å². The maximum atomic E-state index is 12.4. The van der Waals surface area contributed by atoms with Gasteiger partial charge in [-0.05, 0) is 6.07 Å². The lowest BCUT2D eigenvalue weighted by Crippen LogP contribution is -2.51. The van der Waals surface area contributed by atoms with Crippen LogP contribution in [0.1, 0.15) is 27.0 Å². The number of rotatable bonds is 3. The Morgan fingerprint density at radius 3 is 2.60 bits per heavy atom. The number of carbonyl (C=O) groups excluding carboxylic acids is 2. The van der Waals surface area contributed by atoms with Gasteiger partial charge in [-0.3, -0.25) is 14.3 Å². The summed E-state index contributed by atoms with van der Waals surface area (Å²) in [5.74, 6) is -0.183. The summed E-state index contributed by atoms with van der Waals surface area (Å²) in [5, 5.41) is 12.1. The fraction of sp³-hybridized carbons (Fsp3) is 0.533. The fourth-order valence-corrected chi connectivity index (χ4v) is 3.02. The average molecular weight is 345 g/mol. The van der Waals surface area contributed by atoms with Gasteiger partial charge in [0.1, 0.15) is 5.69 Å². The Kier molecular flexibility index (Phi) is 3.96. The van der Waals surface area contributed by atoms with Crippen molar-refractivity contribution in [2.24, 2.45) is 7.05 Å². The number of aryl methyl sites for hydroxylation is 1. The second-order valence-corrected chi connectivity index (χ2v) is 6.19. The van der Waals surface area contributed by atoms with Crippen LogP contribution in [0.25, 0.3) is 0 Å². The van der Waals surface area contributed by atoms with Crippen LogP contribution in [-0.4, -0.2) is 85.8 Å². The van der Waals surface area contributed by atoms with Gasteiger partial charge in [0, 0.05) is 39.4 Å². The molecule has 10 nitrogen and oxygen atoms in total. The summed E-state index contributed by atoms with van der Waals surface area (Å²) in [6.45, 7) is 3.32. The van der Waals surface area contributed by atoms with Gasteiger partial charge in [-0.15, -0.1) is 5.10 Å². The van der Waals surface area contributed by atoms with Crippen LogP contribution in [0.3, 0.4) is 0 Å². The highest BCUT2D eigenvalue weighted by Gasteiger charge is 2.35. The van der Waals surface area contributed by atoms with E-state index in [4.69, 9.17) is 4.74 Å². The van der Waals surface area contributed by atoms with Gasteiger partial charge in [-0.2, -0.15) is 5.10 Å². The lowest BCUT2D eigenvalue weighted by atomic mass is 10.1. The van der Waals surface area contributed by atoms with Crippen molar-refractivity contribution in [2.45, 2.75) is 6.04 Å². The first-order valence-electron chi connectivity index (χ1n) is 8.19. The van der Waals surface area contributed by atoms with Crippen LogP contribution in [0, 0.1) is 0 Å². The van der Waals surface area contributed by atoms with Gasteiger partial charge >= 0.3 is 0 Å². The molecule has 0 spiro atoms. The number of carbonyl (C=O) groups is 2. The highest BCUT2D eigenvalue weighted by molar-refractivity contribution is 5.93. The topological polar surface area (TPSA) is 98.4 Å². The molecule has 2 fully saturated rings. The third kappa shape index (κ3) is 2.88. The molecule has 132 valence electrons. The summed E-state index contributed by atoms with van der Waals surface area (Å²) < 4.78 is 8.48. The molecule has 2 aliphatic rings. The summed E-state index contributed by atoms with van der Waals surface area (Å²) in [6.07, 6.45) is 3.26. The molecule has 25 heavy (non-hydrogen) atoms. The summed E-state index contributed by atoms with van der Waals surface area (Å²) in [4.78, 5) is 28.2. The van der Waals surface area contributed by atoms with Crippen molar-refractivity contribution in [2.75, 3.05) is 39.4 Å². The maximum absolute atomic E-state index is 12.4. The zero-order chi connectivity index (χ0) is 17.4. The quantitative estimate of drug-likeness (QED) is 0.721. The van der Waals surface area contributed by atoms with E-state index in [1.807, 2.05) is 0 Å². The predicted molar refractivity (Wildman–Crippen MR) is 84.9 cm³/mol. The number of hydrogen-bond acceptors (Lipinski definition) is 6. The van der Waals surface area contributed by atoms with Crippen molar-refractivity contribution >= 4 is 11.8 Å². The SMILES string of the molecule is Cn1nccc1C(=O)N1CC(n2cc(C(=O)N3CCOCC3)nn2)C1. The molecule has 2 aliphatic heterocycles. The molecule has 10 heteroatoms. The Bertz CT molecular complexity index is 787. The number of likely N-dealkylation sites (tertiary alicyclic amines) is 1. The van der Waals surface area contributed by atoms with Crippen LogP contribution in [0.4, 0.5) is 0 Å². The normalized spacial score (nSPS) is 18.3. The molecule has 0 saturated carbocycles. The molecule has 0 radical (unpaired) electrons. The molecule has 0 unspecified atom stereocenters. The molecule has 0 N–H and O–H groups in total. The van der Waals surface area contributed by atoms with Crippen molar-refractivity contribution in [3.8, 4) is 0 Å². The van der Waals surface area contributed by atoms with E-state index in [2.05, 4.69) is 15.4 Å². The van der Waals surface area contributed by atoms with Gasteiger partial charge in [0.15, 0.2) is 5.69 Å². The zero-order valence-corrected chi connectivity index (χ0v) is 13.9. The van der Waals surface area contributed by atoms with Crippen molar-refractivity contribution in [3.05, 3.63) is 29.8 Å². The van der Waals surface area contributed by atoms with Crippen molar-refractivity contribution in [1.82, 2.24) is 34.6 Å². The maximum Gasteiger partial charge on any atom is 0.276 e.